The van der Waals surface area contributed by atoms with Crippen LogP contribution in [0.15, 0.2) is 23.8 Å². The Morgan fingerprint density at radius 1 is 0.716 bits per heavy atom. The van der Waals surface area contributed by atoms with Crippen LogP contribution >= 0.6 is 0 Å². The van der Waals surface area contributed by atoms with Crippen molar-refractivity contribution in [3.8, 4) is 0 Å². The molecule has 7 N–H and O–H groups in total. The van der Waals surface area contributed by atoms with E-state index in [-0.39, 0.29) is 35.7 Å². The predicted molar refractivity (Wildman–Crippen MR) is 225 cm³/mol. The SMILES string of the molecule is CO[C@H]1C[C@H](O[C@@H]2C=C3C=C[C@@H]4[C@H](CC[C@@]56C(=O)O[C@]7(C)O[C@@]45CC[C@H]76)[C@@]3(C)CC2)O[C@H](C)[C@H]1O[C@H]1C[C@@H](OC)[C@@H](O[C@@H]2O[C@H](CO[C@@H]3O[C@H](CO)[C@@H](O)[C@H](O)[C@H]3O)[C@@H](O)[C@H](O)[C@H]2O)[C@H](C)O1. The number of hydrogen-bond acceptors (Lipinski definition) is 20. The molecule has 6 saturated heterocycles. The number of aliphatic hydroxyl groups is 7. The van der Waals surface area contributed by atoms with Crippen molar-refractivity contribution in [2.75, 3.05) is 27.4 Å². The lowest BCUT2D eigenvalue weighted by molar-refractivity contribution is -0.359. The Balaban J connectivity index is 0.740. The maximum atomic E-state index is 13.5. The lowest BCUT2D eigenvalue weighted by atomic mass is 9.47. The Hall–Kier alpha value is -1.77. The number of esters is 1. The van der Waals surface area contributed by atoms with Crippen molar-refractivity contribution >= 4 is 5.97 Å². The summed E-state index contributed by atoms with van der Waals surface area (Å²) in [7, 11) is 3.13. The molecule has 6 aliphatic heterocycles. The molecule has 378 valence electrons. The molecule has 4 bridgehead atoms. The molecular weight excluding hydrogens is 884 g/mol. The zero-order valence-corrected chi connectivity index (χ0v) is 38.9. The number of ether oxygens (including phenoxy) is 12. The van der Waals surface area contributed by atoms with Crippen molar-refractivity contribution in [1.82, 2.24) is 0 Å². The Morgan fingerprint density at radius 2 is 1.34 bits per heavy atom. The molecule has 4 aliphatic carbocycles. The maximum absolute atomic E-state index is 13.5. The molecule has 20 heteroatoms. The standard InChI is InChI=1S/C47H70O20/c1-20-39(64-32-17-27(57-6)40(21(2)60-32)65-42-38(54)36(52)34(50)29(63-42)19-58-41-37(53)35(51)33(49)28(18-48)62-41)26(56-5)16-31(59-20)61-23-9-12-44(3)22(15-23)7-8-25-24(44)10-13-46-30-11-14-47(25,46)67-45(30,4)66-43(46)55/h7-8,15,20-21,23-42,48-54H,9-14,16-19H2,1-6H3/t20-,21+,23+,24+,25-,26+,27-,28-,29-,30-,31+,32+,33-,34-,35+,36+,37-,38-,39-,40+,41-,42+,44+,45-,46-,47+/m1/s1. The van der Waals surface area contributed by atoms with Gasteiger partial charge in [0.05, 0.1) is 49.3 Å². The summed E-state index contributed by atoms with van der Waals surface area (Å²) in [5, 5.41) is 72.6. The number of aliphatic hydroxyl groups excluding tert-OH is 7. The highest BCUT2D eigenvalue weighted by atomic mass is 16.8. The molecule has 0 unspecified atom stereocenters. The number of rotatable bonds is 12. The molecule has 2 saturated carbocycles. The summed E-state index contributed by atoms with van der Waals surface area (Å²) >= 11 is 0. The number of carbonyl (C=O) groups excluding carboxylic acids is 1. The van der Waals surface area contributed by atoms with Crippen LogP contribution < -0.4 is 0 Å². The van der Waals surface area contributed by atoms with Gasteiger partial charge < -0.3 is 92.6 Å². The lowest BCUT2D eigenvalue weighted by Crippen LogP contribution is -2.63. The fourth-order valence-corrected chi connectivity index (χ4v) is 14.1. The van der Waals surface area contributed by atoms with Gasteiger partial charge in [-0.15, -0.1) is 0 Å². The first-order valence-electron chi connectivity index (χ1n) is 24.2. The molecule has 10 aliphatic rings. The maximum Gasteiger partial charge on any atom is 0.318 e. The molecule has 1 spiro atoms. The molecule has 0 aromatic heterocycles. The van der Waals surface area contributed by atoms with Crippen LogP contribution in [0.3, 0.4) is 0 Å². The quantitative estimate of drug-likeness (QED) is 0.125. The van der Waals surface area contributed by atoms with Crippen LogP contribution in [0.2, 0.25) is 0 Å². The highest BCUT2D eigenvalue weighted by Crippen LogP contribution is 2.78. The number of fused-ring (bicyclic) bond motifs is 3. The molecule has 0 amide bonds. The van der Waals surface area contributed by atoms with E-state index in [1.165, 1.54) is 12.7 Å². The molecule has 67 heavy (non-hydrogen) atoms. The van der Waals surface area contributed by atoms with E-state index in [1.807, 2.05) is 13.8 Å². The molecule has 8 fully saturated rings. The van der Waals surface area contributed by atoms with Gasteiger partial charge in [-0.25, -0.2) is 0 Å². The summed E-state index contributed by atoms with van der Waals surface area (Å²) in [6.45, 7) is 6.82. The average molecular weight is 955 g/mol. The van der Waals surface area contributed by atoms with Gasteiger partial charge in [0.2, 0.25) is 5.79 Å². The van der Waals surface area contributed by atoms with Crippen molar-refractivity contribution in [2.24, 2.45) is 28.6 Å². The van der Waals surface area contributed by atoms with E-state index in [1.54, 1.807) is 14.0 Å². The van der Waals surface area contributed by atoms with E-state index in [2.05, 4.69) is 25.2 Å². The van der Waals surface area contributed by atoms with Gasteiger partial charge in [0.25, 0.3) is 0 Å². The summed E-state index contributed by atoms with van der Waals surface area (Å²) in [6.07, 6.45) is -7.90. The second kappa shape index (κ2) is 18.1. The summed E-state index contributed by atoms with van der Waals surface area (Å²) < 4.78 is 73.6. The van der Waals surface area contributed by atoms with Gasteiger partial charge >= 0.3 is 5.97 Å². The Kier molecular flexibility index (Phi) is 13.2. The van der Waals surface area contributed by atoms with Crippen molar-refractivity contribution in [3.63, 3.8) is 0 Å². The van der Waals surface area contributed by atoms with Gasteiger partial charge in [-0.05, 0) is 69.3 Å². The zero-order chi connectivity index (χ0) is 47.5. The second-order valence-corrected chi connectivity index (χ2v) is 21.1. The highest BCUT2D eigenvalue weighted by Gasteiger charge is 2.86. The Bertz CT molecular complexity index is 1890. The van der Waals surface area contributed by atoms with Crippen LogP contribution in [0.5, 0.6) is 0 Å². The third-order valence-corrected chi connectivity index (χ3v) is 17.6. The summed E-state index contributed by atoms with van der Waals surface area (Å²) in [4.78, 5) is 13.5. The van der Waals surface area contributed by atoms with E-state index >= 15 is 0 Å². The van der Waals surface area contributed by atoms with Crippen LogP contribution in [-0.4, -0.2) is 197 Å². The van der Waals surface area contributed by atoms with E-state index in [9.17, 15) is 40.5 Å². The van der Waals surface area contributed by atoms with Crippen molar-refractivity contribution in [3.05, 3.63) is 23.8 Å². The van der Waals surface area contributed by atoms with Gasteiger partial charge in [0.15, 0.2) is 25.2 Å². The number of allylic oxidation sites excluding steroid dienone is 2. The van der Waals surface area contributed by atoms with Crippen LogP contribution in [0.4, 0.5) is 0 Å². The fourth-order valence-electron chi connectivity index (χ4n) is 14.1. The summed E-state index contributed by atoms with van der Waals surface area (Å²) in [5.74, 6) is -0.259. The van der Waals surface area contributed by atoms with Gasteiger partial charge in [-0.2, -0.15) is 0 Å². The van der Waals surface area contributed by atoms with Gasteiger partial charge in [-0.1, -0.05) is 25.2 Å². The smallest absolute Gasteiger partial charge is 0.318 e. The van der Waals surface area contributed by atoms with Crippen LogP contribution in [0.25, 0.3) is 0 Å². The largest absolute Gasteiger partial charge is 0.432 e. The summed E-state index contributed by atoms with van der Waals surface area (Å²) in [6, 6.07) is 0. The molecular formula is C47H70O20. The van der Waals surface area contributed by atoms with E-state index in [0.29, 0.717) is 12.3 Å². The molecule has 0 aromatic rings. The molecule has 20 nitrogen and oxygen atoms in total. The van der Waals surface area contributed by atoms with Crippen molar-refractivity contribution < 1.29 is 97.4 Å². The minimum Gasteiger partial charge on any atom is -0.432 e. The minimum atomic E-state index is -1.73. The van der Waals surface area contributed by atoms with Gasteiger partial charge in [0, 0.05) is 45.8 Å². The van der Waals surface area contributed by atoms with E-state index < -0.39 is 141 Å². The third-order valence-electron chi connectivity index (χ3n) is 17.6. The topological polar surface area (TPSA) is 269 Å². The normalized spacial score (nSPS) is 55.7. The zero-order valence-electron chi connectivity index (χ0n) is 38.9. The first-order chi connectivity index (χ1) is 31.9. The van der Waals surface area contributed by atoms with E-state index in [0.717, 1.165) is 38.5 Å². The fraction of sp³-hybridized carbons (Fsp3) is 0.894. The Morgan fingerprint density at radius 3 is 2.01 bits per heavy atom. The number of hydrogen-bond donors (Lipinski definition) is 7. The Labute approximate surface area is 389 Å². The molecule has 6 heterocycles. The first-order valence-corrected chi connectivity index (χ1v) is 24.2. The van der Waals surface area contributed by atoms with Crippen molar-refractivity contribution in [1.29, 1.82) is 0 Å². The van der Waals surface area contributed by atoms with Crippen LogP contribution in [0, 0.1) is 28.6 Å². The molecule has 0 radical (unpaired) electrons. The highest BCUT2D eigenvalue weighted by molar-refractivity contribution is 5.84. The van der Waals surface area contributed by atoms with Crippen LogP contribution in [0.1, 0.15) is 79.1 Å². The average Bonchev–Trinajstić information content (AvgIpc) is 3.85. The lowest BCUT2D eigenvalue weighted by Gasteiger charge is -2.59. The van der Waals surface area contributed by atoms with Gasteiger partial charge in [0.1, 0.15) is 66.5 Å². The van der Waals surface area contributed by atoms with Crippen LogP contribution in [-0.2, 0) is 61.6 Å². The predicted octanol–water partition coefficient (Wildman–Crippen LogP) is -0.173. The third kappa shape index (κ3) is 7.66. The molecule has 0 aromatic carbocycles. The second-order valence-electron chi connectivity index (χ2n) is 21.1. The molecule has 10 rings (SSSR count). The van der Waals surface area contributed by atoms with Gasteiger partial charge in [-0.3, -0.25) is 4.79 Å². The van der Waals surface area contributed by atoms with Crippen molar-refractivity contribution in [2.45, 2.75) is 207 Å². The minimum absolute atomic E-state index is 0.0569. The number of methoxy groups -OCH3 is 2. The summed E-state index contributed by atoms with van der Waals surface area (Å²) in [5.41, 5.74) is 0.143. The number of carbonyl (C=O) groups is 1. The first kappa shape index (κ1) is 48.8. The van der Waals surface area contributed by atoms with E-state index in [4.69, 9.17) is 56.8 Å². The molecule has 26 atom stereocenters. The monoisotopic (exact) mass is 954 g/mol.